The van der Waals surface area contributed by atoms with Gasteiger partial charge in [-0.3, -0.25) is 4.79 Å². The lowest BCUT2D eigenvalue weighted by molar-refractivity contribution is -0.116. The molecule has 1 N–H and O–H groups in total. The topological polar surface area (TPSA) is 69.0 Å². The Hall–Kier alpha value is -3.97. The zero-order valence-corrected chi connectivity index (χ0v) is 19.4. The van der Waals surface area contributed by atoms with Gasteiger partial charge in [-0.25, -0.2) is 4.98 Å². The summed E-state index contributed by atoms with van der Waals surface area (Å²) in [7, 11) is 0. The monoisotopic (exact) mass is 466 g/mol. The third-order valence-corrected chi connectivity index (χ3v) is 7.07. The minimum Gasteiger partial charge on any atom is -0.489 e. The Balaban J connectivity index is 1.26. The maximum Gasteiger partial charge on any atom is 0.226 e. The molecule has 6 rings (SSSR count). The summed E-state index contributed by atoms with van der Waals surface area (Å²) in [6.45, 7) is 2.60. The summed E-state index contributed by atoms with van der Waals surface area (Å²) in [5, 5.41) is 8.33. The molecule has 0 fully saturated rings. The number of para-hydroxylation sites is 1. The minimum absolute atomic E-state index is 0.0277. The van der Waals surface area contributed by atoms with E-state index in [1.807, 2.05) is 60.8 Å². The number of thiazole rings is 1. The molecule has 2 aromatic heterocycles. The van der Waals surface area contributed by atoms with E-state index in [1.165, 1.54) is 5.56 Å². The van der Waals surface area contributed by atoms with Crippen LogP contribution in [-0.4, -0.2) is 20.7 Å². The Morgan fingerprint density at radius 2 is 1.94 bits per heavy atom. The van der Waals surface area contributed by atoms with Crippen LogP contribution in [0.4, 0.5) is 5.82 Å². The zero-order chi connectivity index (χ0) is 23.1. The highest BCUT2D eigenvalue weighted by molar-refractivity contribution is 7.20. The van der Waals surface area contributed by atoms with Gasteiger partial charge in [-0.1, -0.05) is 65.4 Å². The Morgan fingerprint density at radius 1 is 1.09 bits per heavy atom. The normalized spacial score (nSPS) is 15.2. The van der Waals surface area contributed by atoms with Crippen LogP contribution in [0.5, 0.6) is 5.75 Å². The summed E-state index contributed by atoms with van der Waals surface area (Å²) in [6.07, 6.45) is 2.22. The van der Waals surface area contributed by atoms with Crippen LogP contribution in [0.1, 0.15) is 34.6 Å². The maximum absolute atomic E-state index is 12.6. The molecule has 7 heteroatoms. The molecule has 0 bridgehead atoms. The molecule has 5 aromatic rings. The molecule has 3 aromatic carbocycles. The van der Waals surface area contributed by atoms with Gasteiger partial charge in [0.2, 0.25) is 11.0 Å². The number of fused-ring (bicyclic) bond motifs is 2. The van der Waals surface area contributed by atoms with Crippen molar-refractivity contribution in [2.45, 2.75) is 25.9 Å². The van der Waals surface area contributed by atoms with Gasteiger partial charge in [-0.05, 0) is 42.3 Å². The number of nitrogens with zero attached hydrogens (tertiary/aromatic N) is 3. The van der Waals surface area contributed by atoms with E-state index in [0.717, 1.165) is 37.8 Å². The number of aryl methyl sites for hydroxylation is 1. The Bertz CT molecular complexity index is 1470. The highest BCUT2D eigenvalue weighted by Crippen LogP contribution is 2.39. The van der Waals surface area contributed by atoms with E-state index in [2.05, 4.69) is 35.5 Å². The SMILES string of the molecule is Cc1cccc(COc2ccc(C3CC(=O)Nc4c3cnn4-c3nc4ccccc4s3)cc2)c1. The average molecular weight is 467 g/mol. The average Bonchev–Trinajstić information content (AvgIpc) is 3.46. The van der Waals surface area contributed by atoms with Crippen LogP contribution < -0.4 is 10.1 Å². The molecule has 3 heterocycles. The van der Waals surface area contributed by atoms with E-state index in [-0.39, 0.29) is 11.8 Å². The fourth-order valence-corrected chi connectivity index (χ4v) is 5.31. The van der Waals surface area contributed by atoms with Gasteiger partial charge < -0.3 is 10.1 Å². The van der Waals surface area contributed by atoms with E-state index >= 15 is 0 Å². The molecular formula is C27H22N4O2S. The second kappa shape index (κ2) is 8.43. The van der Waals surface area contributed by atoms with Crippen molar-refractivity contribution in [3.8, 4) is 10.9 Å². The molecule has 6 nitrogen and oxygen atoms in total. The molecule has 0 aliphatic carbocycles. The van der Waals surface area contributed by atoms with Crippen molar-refractivity contribution in [2.75, 3.05) is 5.32 Å². The number of carbonyl (C=O) groups excluding carboxylic acids is 1. The Labute approximate surface area is 200 Å². The zero-order valence-electron chi connectivity index (χ0n) is 18.6. The number of hydrogen-bond acceptors (Lipinski definition) is 5. The third kappa shape index (κ3) is 3.84. The number of carbonyl (C=O) groups is 1. The summed E-state index contributed by atoms with van der Waals surface area (Å²) in [4.78, 5) is 17.3. The molecule has 1 aliphatic heterocycles. The van der Waals surface area contributed by atoms with Gasteiger partial charge in [0.15, 0.2) is 0 Å². The highest BCUT2D eigenvalue weighted by atomic mass is 32.1. The summed E-state index contributed by atoms with van der Waals surface area (Å²) < 4.78 is 8.79. The molecular weight excluding hydrogens is 444 g/mol. The molecule has 168 valence electrons. The van der Waals surface area contributed by atoms with Gasteiger partial charge in [0.05, 0.1) is 16.4 Å². The quantitative estimate of drug-likeness (QED) is 0.353. The van der Waals surface area contributed by atoms with Crippen LogP contribution in [0.3, 0.4) is 0 Å². The predicted molar refractivity (Wildman–Crippen MR) is 134 cm³/mol. The Morgan fingerprint density at radius 3 is 2.76 bits per heavy atom. The standard InChI is InChI=1S/C27H22N4O2S/c1-17-5-4-6-18(13-17)16-33-20-11-9-19(10-12-20)21-14-25(32)30-26-22(21)15-28-31(26)27-29-23-7-2-3-8-24(23)34-27/h2-13,15,21H,14,16H2,1H3,(H,30,32). The predicted octanol–water partition coefficient (Wildman–Crippen LogP) is 5.84. The van der Waals surface area contributed by atoms with Crippen molar-refractivity contribution < 1.29 is 9.53 Å². The van der Waals surface area contributed by atoms with Crippen molar-refractivity contribution in [2.24, 2.45) is 0 Å². The molecule has 0 spiro atoms. The number of aromatic nitrogens is 3. The molecule has 1 atom stereocenters. The lowest BCUT2D eigenvalue weighted by Crippen LogP contribution is -2.24. The summed E-state index contributed by atoms with van der Waals surface area (Å²) in [6, 6.07) is 24.3. The number of benzene rings is 3. The molecule has 34 heavy (non-hydrogen) atoms. The van der Waals surface area contributed by atoms with Gasteiger partial charge in [-0.2, -0.15) is 9.78 Å². The van der Waals surface area contributed by atoms with Crippen LogP contribution in [0.15, 0.2) is 79.0 Å². The van der Waals surface area contributed by atoms with Crippen LogP contribution in [0, 0.1) is 6.92 Å². The van der Waals surface area contributed by atoms with Crippen molar-refractivity contribution in [1.82, 2.24) is 14.8 Å². The first-order valence-corrected chi connectivity index (χ1v) is 12.0. The second-order valence-electron chi connectivity index (χ2n) is 8.48. The Kier molecular flexibility index (Phi) is 5.11. The minimum atomic E-state index is -0.0716. The van der Waals surface area contributed by atoms with Crippen molar-refractivity contribution >= 4 is 33.3 Å². The van der Waals surface area contributed by atoms with Gasteiger partial charge in [0.25, 0.3) is 0 Å². The third-order valence-electron chi connectivity index (χ3n) is 6.05. The summed E-state index contributed by atoms with van der Waals surface area (Å²) in [5.74, 6) is 1.40. The molecule has 0 saturated carbocycles. The number of hydrogen-bond donors (Lipinski definition) is 1. The number of anilines is 1. The molecule has 0 radical (unpaired) electrons. The number of nitrogens with one attached hydrogen (secondary N) is 1. The van der Waals surface area contributed by atoms with Crippen LogP contribution in [0.2, 0.25) is 0 Å². The number of ether oxygens (including phenoxy) is 1. The molecule has 0 saturated heterocycles. The van der Waals surface area contributed by atoms with E-state index in [0.29, 0.717) is 18.8 Å². The first-order chi connectivity index (χ1) is 16.6. The number of amides is 1. The van der Waals surface area contributed by atoms with Gasteiger partial charge >= 0.3 is 0 Å². The van der Waals surface area contributed by atoms with Crippen LogP contribution >= 0.6 is 11.3 Å². The van der Waals surface area contributed by atoms with Crippen LogP contribution in [-0.2, 0) is 11.4 Å². The lowest BCUT2D eigenvalue weighted by Gasteiger charge is -2.23. The smallest absolute Gasteiger partial charge is 0.226 e. The van der Waals surface area contributed by atoms with Gasteiger partial charge in [0.1, 0.15) is 18.2 Å². The van der Waals surface area contributed by atoms with Crippen molar-refractivity contribution in [3.63, 3.8) is 0 Å². The van der Waals surface area contributed by atoms with Crippen molar-refractivity contribution in [1.29, 1.82) is 0 Å². The molecule has 1 aliphatic rings. The van der Waals surface area contributed by atoms with E-state index in [9.17, 15) is 4.79 Å². The second-order valence-corrected chi connectivity index (χ2v) is 9.49. The molecule has 1 amide bonds. The first kappa shape index (κ1) is 20.6. The van der Waals surface area contributed by atoms with Crippen molar-refractivity contribution in [3.05, 3.63) is 101 Å². The lowest BCUT2D eigenvalue weighted by atomic mass is 9.87. The summed E-state index contributed by atoms with van der Waals surface area (Å²) in [5.41, 5.74) is 5.33. The summed E-state index contributed by atoms with van der Waals surface area (Å²) >= 11 is 1.55. The van der Waals surface area contributed by atoms with Gasteiger partial charge in [-0.15, -0.1) is 0 Å². The van der Waals surface area contributed by atoms with E-state index in [4.69, 9.17) is 9.72 Å². The fourth-order valence-electron chi connectivity index (χ4n) is 4.38. The van der Waals surface area contributed by atoms with E-state index in [1.54, 1.807) is 16.0 Å². The van der Waals surface area contributed by atoms with Crippen LogP contribution in [0.25, 0.3) is 15.3 Å². The molecule has 1 unspecified atom stereocenters. The number of rotatable bonds is 5. The largest absolute Gasteiger partial charge is 0.489 e. The van der Waals surface area contributed by atoms with Gasteiger partial charge in [0, 0.05) is 17.9 Å². The maximum atomic E-state index is 12.6. The highest BCUT2D eigenvalue weighted by Gasteiger charge is 2.31. The fraction of sp³-hybridized carbons (Fsp3) is 0.148. The van der Waals surface area contributed by atoms with E-state index < -0.39 is 0 Å². The first-order valence-electron chi connectivity index (χ1n) is 11.2.